The van der Waals surface area contributed by atoms with Crippen LogP contribution < -0.4 is 5.32 Å². The van der Waals surface area contributed by atoms with Crippen molar-refractivity contribution >= 4 is 17.2 Å². The standard InChI is InChI=1S/C17H16FN3O2S/c1-17(23,14-7-4-8-24-14)10-19-16(22)12-9-20-21-15(12)11-5-2-3-6-13(11)18/h2-9,23H,10H2,1H3,(H,19,22)(H,20,21). The average molecular weight is 345 g/mol. The summed E-state index contributed by atoms with van der Waals surface area (Å²) in [5.74, 6) is -0.875. The highest BCUT2D eigenvalue weighted by Gasteiger charge is 2.26. The van der Waals surface area contributed by atoms with Crippen molar-refractivity contribution in [3.63, 3.8) is 0 Å². The second kappa shape index (κ2) is 6.54. The quantitative estimate of drug-likeness (QED) is 0.665. The summed E-state index contributed by atoms with van der Waals surface area (Å²) in [7, 11) is 0. The zero-order valence-electron chi connectivity index (χ0n) is 12.9. The van der Waals surface area contributed by atoms with Crippen LogP contribution in [-0.2, 0) is 5.60 Å². The number of aromatic nitrogens is 2. The first-order valence-corrected chi connectivity index (χ1v) is 8.20. The molecule has 1 unspecified atom stereocenters. The molecule has 1 amide bonds. The van der Waals surface area contributed by atoms with E-state index >= 15 is 0 Å². The Labute approximate surface area is 142 Å². The molecule has 2 aromatic heterocycles. The summed E-state index contributed by atoms with van der Waals surface area (Å²) in [5.41, 5.74) is -0.375. The SMILES string of the molecule is CC(O)(CNC(=O)c1cn[nH]c1-c1ccccc1F)c1cccs1. The van der Waals surface area contributed by atoms with Crippen LogP contribution >= 0.6 is 11.3 Å². The van der Waals surface area contributed by atoms with Gasteiger partial charge in [0.1, 0.15) is 11.4 Å². The van der Waals surface area contributed by atoms with Crippen LogP contribution in [0.5, 0.6) is 0 Å². The highest BCUT2D eigenvalue weighted by atomic mass is 32.1. The summed E-state index contributed by atoms with van der Waals surface area (Å²) < 4.78 is 13.9. The zero-order valence-corrected chi connectivity index (χ0v) is 13.7. The Balaban J connectivity index is 1.78. The van der Waals surface area contributed by atoms with Gasteiger partial charge in [-0.15, -0.1) is 11.3 Å². The van der Waals surface area contributed by atoms with Gasteiger partial charge in [-0.25, -0.2) is 4.39 Å². The van der Waals surface area contributed by atoms with Crippen molar-refractivity contribution in [3.05, 3.63) is 64.2 Å². The summed E-state index contributed by atoms with van der Waals surface area (Å²) >= 11 is 1.41. The van der Waals surface area contributed by atoms with Gasteiger partial charge < -0.3 is 10.4 Å². The highest BCUT2D eigenvalue weighted by Crippen LogP contribution is 2.26. The molecule has 3 rings (SSSR count). The van der Waals surface area contributed by atoms with Crippen molar-refractivity contribution in [1.82, 2.24) is 15.5 Å². The number of nitrogens with one attached hydrogen (secondary N) is 2. The minimum atomic E-state index is -1.17. The minimum absolute atomic E-state index is 0.0360. The molecule has 0 radical (unpaired) electrons. The number of carbonyl (C=O) groups is 1. The van der Waals surface area contributed by atoms with Crippen LogP contribution in [0.2, 0.25) is 0 Å². The fourth-order valence-corrected chi connectivity index (χ4v) is 3.13. The fraction of sp³-hybridized carbons (Fsp3) is 0.176. The lowest BCUT2D eigenvalue weighted by molar-refractivity contribution is 0.0557. The van der Waals surface area contributed by atoms with Crippen LogP contribution in [0.25, 0.3) is 11.3 Å². The summed E-state index contributed by atoms with van der Waals surface area (Å²) in [4.78, 5) is 13.2. The van der Waals surface area contributed by atoms with Gasteiger partial charge in [-0.2, -0.15) is 5.10 Å². The first kappa shape index (κ1) is 16.4. The molecule has 0 spiro atoms. The van der Waals surface area contributed by atoms with Gasteiger partial charge in [0.25, 0.3) is 5.91 Å². The van der Waals surface area contributed by atoms with Gasteiger partial charge in [-0.3, -0.25) is 9.89 Å². The number of thiophene rings is 1. The van der Waals surface area contributed by atoms with Crippen LogP contribution in [0.4, 0.5) is 4.39 Å². The lowest BCUT2D eigenvalue weighted by Crippen LogP contribution is -2.38. The average Bonchev–Trinajstić information content (AvgIpc) is 3.24. The highest BCUT2D eigenvalue weighted by molar-refractivity contribution is 7.10. The zero-order chi connectivity index (χ0) is 17.2. The van der Waals surface area contributed by atoms with E-state index in [2.05, 4.69) is 15.5 Å². The molecule has 0 aliphatic heterocycles. The molecule has 7 heteroatoms. The first-order chi connectivity index (χ1) is 11.5. The van der Waals surface area contributed by atoms with Gasteiger partial charge in [0.05, 0.1) is 24.0 Å². The van der Waals surface area contributed by atoms with Gasteiger partial charge in [0.15, 0.2) is 0 Å². The van der Waals surface area contributed by atoms with Gasteiger partial charge in [-0.05, 0) is 30.5 Å². The Morgan fingerprint density at radius 2 is 2.17 bits per heavy atom. The lowest BCUT2D eigenvalue weighted by Gasteiger charge is -2.22. The summed E-state index contributed by atoms with van der Waals surface area (Å²) in [6, 6.07) is 9.79. The molecule has 5 nitrogen and oxygen atoms in total. The number of carbonyl (C=O) groups excluding carboxylic acids is 1. The number of halogens is 1. The van der Waals surface area contributed by atoms with Crippen molar-refractivity contribution in [2.45, 2.75) is 12.5 Å². The Morgan fingerprint density at radius 3 is 2.88 bits per heavy atom. The van der Waals surface area contributed by atoms with Crippen LogP contribution in [0.1, 0.15) is 22.2 Å². The van der Waals surface area contributed by atoms with E-state index in [-0.39, 0.29) is 17.7 Å². The van der Waals surface area contributed by atoms with Crippen molar-refractivity contribution in [2.24, 2.45) is 0 Å². The second-order valence-corrected chi connectivity index (χ2v) is 6.52. The molecule has 2 heterocycles. The predicted octanol–water partition coefficient (Wildman–Crippen LogP) is 2.91. The molecule has 0 aliphatic carbocycles. The maximum absolute atomic E-state index is 13.9. The molecule has 3 N–H and O–H groups in total. The molecule has 1 atom stereocenters. The van der Waals surface area contributed by atoms with Gasteiger partial charge >= 0.3 is 0 Å². The van der Waals surface area contributed by atoms with E-state index in [0.717, 1.165) is 4.88 Å². The second-order valence-electron chi connectivity index (χ2n) is 5.57. The predicted molar refractivity (Wildman–Crippen MR) is 90.2 cm³/mol. The van der Waals surface area contributed by atoms with E-state index in [1.807, 2.05) is 11.4 Å². The molecule has 3 aromatic rings. The van der Waals surface area contributed by atoms with E-state index in [1.54, 1.807) is 31.2 Å². The normalized spacial score (nSPS) is 13.5. The minimum Gasteiger partial charge on any atom is -0.383 e. The van der Waals surface area contributed by atoms with E-state index < -0.39 is 17.3 Å². The number of rotatable bonds is 5. The molecule has 0 saturated carbocycles. The third-order valence-electron chi connectivity index (χ3n) is 3.67. The fourth-order valence-electron chi connectivity index (χ4n) is 2.35. The summed E-state index contributed by atoms with van der Waals surface area (Å²) in [5, 5.41) is 21.5. The summed E-state index contributed by atoms with van der Waals surface area (Å²) in [6.07, 6.45) is 1.34. The molecular formula is C17H16FN3O2S. The largest absolute Gasteiger partial charge is 0.383 e. The van der Waals surface area contributed by atoms with E-state index in [1.165, 1.54) is 23.6 Å². The molecule has 0 saturated heterocycles. The van der Waals surface area contributed by atoms with Crippen molar-refractivity contribution in [2.75, 3.05) is 6.54 Å². The third-order valence-corrected chi connectivity index (χ3v) is 4.80. The molecular weight excluding hydrogens is 329 g/mol. The molecule has 24 heavy (non-hydrogen) atoms. The van der Waals surface area contributed by atoms with Gasteiger partial charge in [-0.1, -0.05) is 18.2 Å². The molecule has 0 fully saturated rings. The summed E-state index contributed by atoms with van der Waals surface area (Å²) in [6.45, 7) is 1.67. The Kier molecular flexibility index (Phi) is 4.46. The van der Waals surface area contributed by atoms with E-state index in [9.17, 15) is 14.3 Å². The number of aromatic amines is 1. The number of aliphatic hydroxyl groups is 1. The van der Waals surface area contributed by atoms with E-state index in [4.69, 9.17) is 0 Å². The number of amides is 1. The van der Waals surface area contributed by atoms with E-state index in [0.29, 0.717) is 5.69 Å². The Morgan fingerprint density at radius 1 is 1.38 bits per heavy atom. The maximum Gasteiger partial charge on any atom is 0.255 e. The maximum atomic E-state index is 13.9. The Bertz CT molecular complexity index is 843. The number of hydrogen-bond donors (Lipinski definition) is 3. The number of nitrogens with zero attached hydrogens (tertiary/aromatic N) is 1. The number of benzene rings is 1. The molecule has 0 aliphatic rings. The van der Waals surface area contributed by atoms with Gasteiger partial charge in [0, 0.05) is 10.4 Å². The first-order valence-electron chi connectivity index (χ1n) is 7.32. The van der Waals surface area contributed by atoms with Crippen molar-refractivity contribution < 1.29 is 14.3 Å². The molecule has 124 valence electrons. The van der Waals surface area contributed by atoms with Crippen LogP contribution in [0, 0.1) is 5.82 Å². The molecule has 1 aromatic carbocycles. The third kappa shape index (κ3) is 3.22. The monoisotopic (exact) mass is 345 g/mol. The van der Waals surface area contributed by atoms with Gasteiger partial charge in [0.2, 0.25) is 0 Å². The Hall–Kier alpha value is -2.51. The van der Waals surface area contributed by atoms with Crippen LogP contribution in [-0.4, -0.2) is 27.8 Å². The topological polar surface area (TPSA) is 78.0 Å². The number of hydrogen-bond acceptors (Lipinski definition) is 4. The van der Waals surface area contributed by atoms with Crippen molar-refractivity contribution in [1.29, 1.82) is 0 Å². The smallest absolute Gasteiger partial charge is 0.255 e. The number of H-pyrrole nitrogens is 1. The van der Waals surface area contributed by atoms with Crippen LogP contribution in [0.15, 0.2) is 48.0 Å². The van der Waals surface area contributed by atoms with Crippen LogP contribution in [0.3, 0.4) is 0 Å². The van der Waals surface area contributed by atoms with Crippen molar-refractivity contribution in [3.8, 4) is 11.3 Å². The lowest BCUT2D eigenvalue weighted by atomic mass is 10.0. The molecule has 0 bridgehead atoms.